The largest absolute Gasteiger partial charge is 0.338 e. The van der Waals surface area contributed by atoms with Crippen LogP contribution >= 0.6 is 0 Å². The number of imidazole rings is 1. The summed E-state index contributed by atoms with van der Waals surface area (Å²) in [7, 11) is 2.02. The Morgan fingerprint density at radius 1 is 1.37 bits per heavy atom. The second-order valence-electron chi connectivity index (χ2n) is 5.24. The molecule has 2 aromatic rings. The number of nitrogens with one attached hydrogen (secondary N) is 1. The van der Waals surface area contributed by atoms with Gasteiger partial charge < -0.3 is 9.88 Å². The van der Waals surface area contributed by atoms with Crippen LogP contribution in [0.3, 0.4) is 0 Å². The van der Waals surface area contributed by atoms with E-state index in [0.717, 1.165) is 31.0 Å². The van der Waals surface area contributed by atoms with Crippen molar-refractivity contribution in [1.29, 1.82) is 0 Å². The molecule has 2 rings (SSSR count). The lowest BCUT2D eigenvalue weighted by molar-refractivity contribution is 0.579. The summed E-state index contributed by atoms with van der Waals surface area (Å²) >= 11 is 0. The average molecular weight is 261 g/mol. The molecule has 0 aliphatic rings. The van der Waals surface area contributed by atoms with Crippen molar-refractivity contribution in [1.82, 2.24) is 24.6 Å². The molecule has 0 fully saturated rings. The van der Waals surface area contributed by atoms with Gasteiger partial charge in [0, 0.05) is 56.8 Å². The molecular weight excluding hydrogens is 238 g/mol. The minimum Gasteiger partial charge on any atom is -0.338 e. The van der Waals surface area contributed by atoms with Crippen LogP contribution in [-0.4, -0.2) is 25.4 Å². The van der Waals surface area contributed by atoms with Crippen molar-refractivity contribution in [2.45, 2.75) is 46.3 Å². The molecule has 1 N–H and O–H groups in total. The van der Waals surface area contributed by atoms with Crippen molar-refractivity contribution in [3.05, 3.63) is 35.7 Å². The molecule has 0 radical (unpaired) electrons. The number of aromatic nitrogens is 4. The van der Waals surface area contributed by atoms with Crippen LogP contribution in [-0.2, 0) is 26.6 Å². The quantitative estimate of drug-likeness (QED) is 0.860. The Kier molecular flexibility index (Phi) is 4.37. The van der Waals surface area contributed by atoms with Gasteiger partial charge >= 0.3 is 0 Å². The molecular formula is C14H23N5. The Morgan fingerprint density at radius 3 is 2.79 bits per heavy atom. The lowest BCUT2D eigenvalue weighted by Crippen LogP contribution is -2.21. The summed E-state index contributed by atoms with van der Waals surface area (Å²) < 4.78 is 4.07. The average Bonchev–Trinajstić information content (AvgIpc) is 2.90. The summed E-state index contributed by atoms with van der Waals surface area (Å²) in [5.41, 5.74) is 2.38. The summed E-state index contributed by atoms with van der Waals surface area (Å²) in [6.07, 6.45) is 6.85. The predicted octanol–water partition coefficient (Wildman–Crippen LogP) is 1.67. The Balaban J connectivity index is 1.94. The third-order valence-corrected chi connectivity index (χ3v) is 3.23. The molecule has 0 aliphatic carbocycles. The summed E-state index contributed by atoms with van der Waals surface area (Å²) in [5, 5.41) is 7.98. The predicted molar refractivity (Wildman–Crippen MR) is 75.9 cm³/mol. The van der Waals surface area contributed by atoms with E-state index < -0.39 is 0 Å². The highest BCUT2D eigenvalue weighted by Gasteiger charge is 2.06. The topological polar surface area (TPSA) is 47.7 Å². The zero-order valence-electron chi connectivity index (χ0n) is 12.2. The highest BCUT2D eigenvalue weighted by molar-refractivity contribution is 5.15. The van der Waals surface area contributed by atoms with E-state index in [1.165, 1.54) is 5.56 Å². The van der Waals surface area contributed by atoms with Crippen molar-refractivity contribution in [2.75, 3.05) is 0 Å². The van der Waals surface area contributed by atoms with Gasteiger partial charge in [0.1, 0.15) is 5.82 Å². The summed E-state index contributed by atoms with van der Waals surface area (Å²) in [6.45, 7) is 8.12. The molecule has 19 heavy (non-hydrogen) atoms. The van der Waals surface area contributed by atoms with E-state index in [4.69, 9.17) is 0 Å². The molecule has 0 atom stereocenters. The van der Waals surface area contributed by atoms with Gasteiger partial charge in [-0.3, -0.25) is 4.68 Å². The Bertz CT molecular complexity index is 524. The molecule has 2 aromatic heterocycles. The Morgan fingerprint density at radius 2 is 2.16 bits per heavy atom. The molecule has 5 heteroatoms. The summed E-state index contributed by atoms with van der Waals surface area (Å²) in [4.78, 5) is 4.33. The second-order valence-corrected chi connectivity index (χ2v) is 5.24. The first-order valence-corrected chi connectivity index (χ1v) is 6.78. The monoisotopic (exact) mass is 261 g/mol. The van der Waals surface area contributed by atoms with E-state index in [1.54, 1.807) is 0 Å². The molecule has 104 valence electrons. The van der Waals surface area contributed by atoms with Crippen LogP contribution in [0.4, 0.5) is 0 Å². The van der Waals surface area contributed by atoms with Crippen LogP contribution < -0.4 is 5.32 Å². The third-order valence-electron chi connectivity index (χ3n) is 3.23. The van der Waals surface area contributed by atoms with Crippen molar-refractivity contribution in [3.8, 4) is 0 Å². The van der Waals surface area contributed by atoms with Crippen LogP contribution in [0.1, 0.15) is 30.9 Å². The van der Waals surface area contributed by atoms with Gasteiger partial charge in [-0.25, -0.2) is 4.98 Å². The zero-order chi connectivity index (χ0) is 13.8. The van der Waals surface area contributed by atoms with Gasteiger partial charge in [0.25, 0.3) is 0 Å². The number of hydrogen-bond acceptors (Lipinski definition) is 3. The molecule has 0 unspecified atom stereocenters. The van der Waals surface area contributed by atoms with Crippen molar-refractivity contribution in [2.24, 2.45) is 7.05 Å². The normalized spacial score (nSPS) is 11.4. The summed E-state index contributed by atoms with van der Waals surface area (Å²) in [5.74, 6) is 1.09. The summed E-state index contributed by atoms with van der Waals surface area (Å²) in [6, 6.07) is 0.496. The van der Waals surface area contributed by atoms with E-state index in [9.17, 15) is 0 Å². The standard InChI is InChI=1S/C14H23N5/c1-11(2)16-9-13-10-19(17-12(13)3)7-5-14-15-6-8-18(14)4/h6,8,10-11,16H,5,7,9H2,1-4H3. The third kappa shape index (κ3) is 3.67. The lowest BCUT2D eigenvalue weighted by atomic mass is 10.2. The molecule has 0 spiro atoms. The fourth-order valence-corrected chi connectivity index (χ4v) is 2.01. The first kappa shape index (κ1) is 13.8. The van der Waals surface area contributed by atoms with Crippen LogP contribution in [0.2, 0.25) is 0 Å². The maximum atomic E-state index is 4.56. The van der Waals surface area contributed by atoms with Crippen molar-refractivity contribution < 1.29 is 0 Å². The highest BCUT2D eigenvalue weighted by Crippen LogP contribution is 2.07. The maximum absolute atomic E-state index is 4.56. The van der Waals surface area contributed by atoms with Gasteiger partial charge in [-0.15, -0.1) is 0 Å². The van der Waals surface area contributed by atoms with Crippen molar-refractivity contribution in [3.63, 3.8) is 0 Å². The smallest absolute Gasteiger partial charge is 0.110 e. The minimum atomic E-state index is 0.496. The van der Waals surface area contributed by atoms with E-state index in [2.05, 4.69) is 46.9 Å². The minimum absolute atomic E-state index is 0.496. The molecule has 0 saturated heterocycles. The second kappa shape index (κ2) is 6.02. The van der Waals surface area contributed by atoms with Gasteiger partial charge in [-0.05, 0) is 6.92 Å². The number of hydrogen-bond donors (Lipinski definition) is 1. The van der Waals surface area contributed by atoms with Gasteiger partial charge in [-0.2, -0.15) is 5.10 Å². The lowest BCUT2D eigenvalue weighted by Gasteiger charge is -2.06. The zero-order valence-corrected chi connectivity index (χ0v) is 12.2. The molecule has 0 saturated carbocycles. The first-order chi connectivity index (χ1) is 9.06. The molecule has 5 nitrogen and oxygen atoms in total. The van der Waals surface area contributed by atoms with Gasteiger partial charge in [0.15, 0.2) is 0 Å². The van der Waals surface area contributed by atoms with Gasteiger partial charge in [-0.1, -0.05) is 13.8 Å². The van der Waals surface area contributed by atoms with E-state index in [1.807, 2.05) is 24.1 Å². The highest BCUT2D eigenvalue weighted by atomic mass is 15.3. The van der Waals surface area contributed by atoms with Crippen LogP contribution in [0.5, 0.6) is 0 Å². The number of nitrogens with zero attached hydrogens (tertiary/aromatic N) is 4. The molecule has 0 bridgehead atoms. The fourth-order valence-electron chi connectivity index (χ4n) is 2.01. The Labute approximate surface area is 114 Å². The maximum Gasteiger partial charge on any atom is 0.110 e. The van der Waals surface area contributed by atoms with Crippen LogP contribution in [0.25, 0.3) is 0 Å². The van der Waals surface area contributed by atoms with Crippen LogP contribution in [0, 0.1) is 6.92 Å². The van der Waals surface area contributed by atoms with Crippen LogP contribution in [0.15, 0.2) is 18.6 Å². The number of aryl methyl sites for hydroxylation is 4. The van der Waals surface area contributed by atoms with Crippen molar-refractivity contribution >= 4 is 0 Å². The molecule has 0 aliphatic heterocycles. The van der Waals surface area contributed by atoms with Gasteiger partial charge in [0.05, 0.1) is 5.69 Å². The molecule has 2 heterocycles. The SMILES string of the molecule is Cc1nn(CCc2nccn2C)cc1CNC(C)C. The first-order valence-electron chi connectivity index (χ1n) is 6.78. The molecule has 0 aromatic carbocycles. The molecule has 0 amide bonds. The van der Waals surface area contributed by atoms with E-state index in [0.29, 0.717) is 6.04 Å². The Hall–Kier alpha value is -1.62. The fraction of sp³-hybridized carbons (Fsp3) is 0.571. The van der Waals surface area contributed by atoms with Gasteiger partial charge in [0.2, 0.25) is 0 Å². The van der Waals surface area contributed by atoms with E-state index in [-0.39, 0.29) is 0 Å². The number of rotatable bonds is 6. The van der Waals surface area contributed by atoms with E-state index >= 15 is 0 Å².